The maximum atomic E-state index is 11.7. The lowest BCUT2D eigenvalue weighted by molar-refractivity contribution is -0.121. The number of nitrogens with one attached hydrogen (secondary N) is 1. The van der Waals surface area contributed by atoms with E-state index in [1.54, 1.807) is 28.0 Å². The van der Waals surface area contributed by atoms with E-state index in [0.29, 0.717) is 19.6 Å². The Hall–Kier alpha value is -2.09. The summed E-state index contributed by atoms with van der Waals surface area (Å²) in [6.45, 7) is 4.53. The van der Waals surface area contributed by atoms with Crippen molar-refractivity contribution in [3.05, 3.63) is 18.5 Å². The molecule has 21 heavy (non-hydrogen) atoms. The van der Waals surface area contributed by atoms with Gasteiger partial charge in [-0.2, -0.15) is 5.10 Å². The molecule has 0 radical (unpaired) electrons. The van der Waals surface area contributed by atoms with Crippen molar-refractivity contribution >= 4 is 12.0 Å². The van der Waals surface area contributed by atoms with Crippen LogP contribution in [-0.2, 0) is 16.1 Å². The monoisotopic (exact) mass is 295 g/mol. The summed E-state index contributed by atoms with van der Waals surface area (Å²) in [5.74, 6) is -0.0492. The molecule has 0 saturated carbocycles. The zero-order valence-corrected chi connectivity index (χ0v) is 12.2. The van der Waals surface area contributed by atoms with Gasteiger partial charge in [-0.1, -0.05) is 0 Å². The SMILES string of the molecule is COC(=O)N1CCN(CCNC(=O)Cn2cccn2)CC1. The van der Waals surface area contributed by atoms with Crippen LogP contribution in [0.2, 0.25) is 0 Å². The van der Waals surface area contributed by atoms with Crippen molar-refractivity contribution in [2.75, 3.05) is 46.4 Å². The van der Waals surface area contributed by atoms with Crippen LogP contribution in [0.5, 0.6) is 0 Å². The van der Waals surface area contributed by atoms with Crippen molar-refractivity contribution in [2.45, 2.75) is 6.54 Å². The van der Waals surface area contributed by atoms with Crippen LogP contribution in [0, 0.1) is 0 Å². The number of aromatic nitrogens is 2. The van der Waals surface area contributed by atoms with Crippen molar-refractivity contribution < 1.29 is 14.3 Å². The molecule has 2 heterocycles. The average Bonchev–Trinajstić information content (AvgIpc) is 3.00. The summed E-state index contributed by atoms with van der Waals surface area (Å²) >= 11 is 0. The number of piperazine rings is 1. The Morgan fingerprint density at radius 2 is 2.05 bits per heavy atom. The third-order valence-electron chi connectivity index (χ3n) is 3.42. The van der Waals surface area contributed by atoms with Crippen LogP contribution < -0.4 is 5.32 Å². The molecule has 2 rings (SSSR count). The molecule has 1 aromatic heterocycles. The molecule has 116 valence electrons. The first kappa shape index (κ1) is 15.3. The molecule has 1 aromatic rings. The Kier molecular flexibility index (Phi) is 5.56. The first-order valence-electron chi connectivity index (χ1n) is 6.98. The number of ether oxygens (including phenoxy) is 1. The fourth-order valence-electron chi connectivity index (χ4n) is 2.23. The summed E-state index contributed by atoms with van der Waals surface area (Å²) in [6.07, 6.45) is 3.13. The molecule has 0 aliphatic carbocycles. The van der Waals surface area contributed by atoms with Crippen LogP contribution in [0.25, 0.3) is 0 Å². The number of hydrogen-bond donors (Lipinski definition) is 1. The summed E-state index contributed by atoms with van der Waals surface area (Å²) in [5.41, 5.74) is 0. The minimum absolute atomic E-state index is 0.0492. The molecule has 1 aliphatic rings. The molecule has 1 saturated heterocycles. The zero-order valence-electron chi connectivity index (χ0n) is 12.2. The highest BCUT2D eigenvalue weighted by molar-refractivity contribution is 5.75. The predicted molar refractivity (Wildman–Crippen MR) is 75.7 cm³/mol. The Morgan fingerprint density at radius 3 is 2.67 bits per heavy atom. The number of carbonyl (C=O) groups excluding carboxylic acids is 2. The Labute approximate surface area is 123 Å². The molecule has 1 aliphatic heterocycles. The molecular weight excluding hydrogens is 274 g/mol. The fraction of sp³-hybridized carbons (Fsp3) is 0.615. The first-order chi connectivity index (χ1) is 10.2. The van der Waals surface area contributed by atoms with Gasteiger partial charge in [-0.3, -0.25) is 14.4 Å². The van der Waals surface area contributed by atoms with E-state index in [2.05, 4.69) is 15.3 Å². The van der Waals surface area contributed by atoms with Crippen LogP contribution in [0.4, 0.5) is 4.79 Å². The van der Waals surface area contributed by atoms with E-state index in [1.165, 1.54) is 7.11 Å². The van der Waals surface area contributed by atoms with Gasteiger partial charge < -0.3 is 15.0 Å². The van der Waals surface area contributed by atoms with Gasteiger partial charge in [0.1, 0.15) is 6.54 Å². The smallest absolute Gasteiger partial charge is 0.409 e. The summed E-state index contributed by atoms with van der Waals surface area (Å²) < 4.78 is 6.28. The van der Waals surface area contributed by atoms with E-state index in [-0.39, 0.29) is 18.5 Å². The van der Waals surface area contributed by atoms with E-state index in [0.717, 1.165) is 19.6 Å². The highest BCUT2D eigenvalue weighted by Crippen LogP contribution is 2.02. The van der Waals surface area contributed by atoms with E-state index in [1.807, 2.05) is 0 Å². The second-order valence-corrected chi connectivity index (χ2v) is 4.85. The summed E-state index contributed by atoms with van der Waals surface area (Å²) in [5, 5.41) is 6.85. The third-order valence-corrected chi connectivity index (χ3v) is 3.42. The molecule has 1 N–H and O–H groups in total. The third kappa shape index (κ3) is 4.75. The topological polar surface area (TPSA) is 79.7 Å². The van der Waals surface area contributed by atoms with Gasteiger partial charge in [-0.05, 0) is 6.07 Å². The van der Waals surface area contributed by atoms with E-state index in [4.69, 9.17) is 4.74 Å². The number of nitrogens with zero attached hydrogens (tertiary/aromatic N) is 4. The fourth-order valence-corrected chi connectivity index (χ4v) is 2.23. The normalized spacial score (nSPS) is 15.8. The molecule has 0 aromatic carbocycles. The van der Waals surface area contributed by atoms with Crippen molar-refractivity contribution in [3.63, 3.8) is 0 Å². The number of methoxy groups -OCH3 is 1. The van der Waals surface area contributed by atoms with E-state index in [9.17, 15) is 9.59 Å². The van der Waals surface area contributed by atoms with Gasteiger partial charge in [0.15, 0.2) is 0 Å². The van der Waals surface area contributed by atoms with Crippen LogP contribution in [-0.4, -0.2) is 78.0 Å². The summed E-state index contributed by atoms with van der Waals surface area (Å²) in [7, 11) is 1.39. The Morgan fingerprint density at radius 1 is 1.29 bits per heavy atom. The summed E-state index contributed by atoms with van der Waals surface area (Å²) in [4.78, 5) is 26.9. The van der Waals surface area contributed by atoms with Crippen molar-refractivity contribution in [3.8, 4) is 0 Å². The average molecular weight is 295 g/mol. The van der Waals surface area contributed by atoms with Crippen LogP contribution in [0.15, 0.2) is 18.5 Å². The minimum atomic E-state index is -0.276. The summed E-state index contributed by atoms with van der Waals surface area (Å²) in [6, 6.07) is 1.79. The predicted octanol–water partition coefficient (Wildman–Crippen LogP) is -0.617. The van der Waals surface area contributed by atoms with Crippen LogP contribution >= 0.6 is 0 Å². The molecule has 0 atom stereocenters. The maximum Gasteiger partial charge on any atom is 0.409 e. The first-order valence-corrected chi connectivity index (χ1v) is 6.98. The largest absolute Gasteiger partial charge is 0.453 e. The van der Waals surface area contributed by atoms with Gasteiger partial charge in [0.05, 0.1) is 7.11 Å². The highest BCUT2D eigenvalue weighted by Gasteiger charge is 2.20. The molecular formula is C13H21N5O3. The second kappa shape index (κ2) is 7.63. The highest BCUT2D eigenvalue weighted by atomic mass is 16.5. The standard InChI is InChI=1S/C13H21N5O3/c1-21-13(20)17-9-7-16(8-10-17)6-4-14-12(19)11-18-5-2-3-15-18/h2-3,5H,4,6-11H2,1H3,(H,14,19). The van der Waals surface area contributed by atoms with Gasteiger partial charge in [-0.15, -0.1) is 0 Å². The Bertz CT molecular complexity index is 454. The molecule has 0 unspecified atom stereocenters. The second-order valence-electron chi connectivity index (χ2n) is 4.85. The lowest BCUT2D eigenvalue weighted by atomic mass is 10.3. The lowest BCUT2D eigenvalue weighted by Gasteiger charge is -2.33. The number of hydrogen-bond acceptors (Lipinski definition) is 5. The molecule has 8 heteroatoms. The molecule has 2 amide bonds. The molecule has 0 bridgehead atoms. The van der Waals surface area contributed by atoms with Crippen molar-refractivity contribution in [2.24, 2.45) is 0 Å². The number of rotatable bonds is 5. The lowest BCUT2D eigenvalue weighted by Crippen LogP contribution is -2.50. The molecule has 0 spiro atoms. The Balaban J connectivity index is 1.59. The quantitative estimate of drug-likeness (QED) is 0.783. The van der Waals surface area contributed by atoms with Crippen molar-refractivity contribution in [1.29, 1.82) is 0 Å². The van der Waals surface area contributed by atoms with Gasteiger partial charge in [-0.25, -0.2) is 4.79 Å². The minimum Gasteiger partial charge on any atom is -0.453 e. The number of carbonyl (C=O) groups is 2. The van der Waals surface area contributed by atoms with Crippen LogP contribution in [0.3, 0.4) is 0 Å². The van der Waals surface area contributed by atoms with E-state index >= 15 is 0 Å². The van der Waals surface area contributed by atoms with Gasteiger partial charge in [0.25, 0.3) is 0 Å². The van der Waals surface area contributed by atoms with Gasteiger partial charge >= 0.3 is 6.09 Å². The van der Waals surface area contributed by atoms with Gasteiger partial charge in [0, 0.05) is 51.7 Å². The maximum absolute atomic E-state index is 11.7. The van der Waals surface area contributed by atoms with E-state index < -0.39 is 0 Å². The van der Waals surface area contributed by atoms with Crippen LogP contribution in [0.1, 0.15) is 0 Å². The van der Waals surface area contributed by atoms with Crippen molar-refractivity contribution in [1.82, 2.24) is 24.9 Å². The molecule has 8 nitrogen and oxygen atoms in total. The van der Waals surface area contributed by atoms with Gasteiger partial charge in [0.2, 0.25) is 5.91 Å². The molecule has 1 fully saturated rings. The zero-order chi connectivity index (χ0) is 15.1. The number of amides is 2.